The lowest BCUT2D eigenvalue weighted by Crippen LogP contribution is -1.75. The topological polar surface area (TPSA) is 20.2 Å². The Kier molecular flexibility index (Phi) is 11.0. The Morgan fingerprint density at radius 3 is 2.38 bits per heavy atom. The average Bonchev–Trinajstić information content (AvgIpc) is 2.16. The largest absolute Gasteiger partial charge is 0.396 e. The van der Waals surface area contributed by atoms with Crippen molar-refractivity contribution >= 4 is 0 Å². The number of aliphatic hydroxyl groups excluding tert-OH is 1. The average molecular weight is 182 g/mol. The Bertz CT molecular complexity index is 143. The molecule has 0 aliphatic heterocycles. The lowest BCUT2D eigenvalue weighted by atomic mass is 10.1. The molecule has 0 aromatic heterocycles. The lowest BCUT2D eigenvalue weighted by molar-refractivity contribution is 0.302. The molecule has 0 amide bonds. The third-order valence-corrected chi connectivity index (χ3v) is 1.96. The van der Waals surface area contributed by atoms with E-state index in [0.717, 1.165) is 12.8 Å². The Morgan fingerprint density at radius 2 is 1.69 bits per heavy atom. The third-order valence-electron chi connectivity index (χ3n) is 1.96. The van der Waals surface area contributed by atoms with Gasteiger partial charge in [-0.15, -0.1) is 5.73 Å². The van der Waals surface area contributed by atoms with Crippen LogP contribution < -0.4 is 0 Å². The van der Waals surface area contributed by atoms with Gasteiger partial charge < -0.3 is 5.11 Å². The van der Waals surface area contributed by atoms with Gasteiger partial charge in [-0.1, -0.05) is 32.6 Å². The summed E-state index contributed by atoms with van der Waals surface area (Å²) < 4.78 is 0. The first-order chi connectivity index (χ1) is 6.41. The molecule has 0 atom stereocenters. The first kappa shape index (κ1) is 12.5. The van der Waals surface area contributed by atoms with E-state index in [-0.39, 0.29) is 6.61 Å². The molecule has 0 saturated carbocycles. The molecule has 0 rings (SSSR count). The van der Waals surface area contributed by atoms with E-state index >= 15 is 0 Å². The zero-order valence-electron chi connectivity index (χ0n) is 8.76. The van der Waals surface area contributed by atoms with E-state index in [0.29, 0.717) is 0 Å². The summed E-state index contributed by atoms with van der Waals surface area (Å²) in [7, 11) is 0. The minimum absolute atomic E-state index is 0.233. The molecule has 0 saturated heterocycles. The maximum absolute atomic E-state index is 8.48. The van der Waals surface area contributed by atoms with Gasteiger partial charge in [0.2, 0.25) is 0 Å². The molecule has 1 heteroatoms. The summed E-state index contributed by atoms with van der Waals surface area (Å²) in [5.74, 6) is 0. The van der Waals surface area contributed by atoms with Crippen LogP contribution in [0.25, 0.3) is 0 Å². The van der Waals surface area contributed by atoms with Crippen molar-refractivity contribution in [3.05, 3.63) is 17.9 Å². The van der Waals surface area contributed by atoms with Gasteiger partial charge >= 0.3 is 0 Å². The molecule has 0 aliphatic carbocycles. The van der Waals surface area contributed by atoms with E-state index < -0.39 is 0 Å². The van der Waals surface area contributed by atoms with Crippen molar-refractivity contribution in [1.82, 2.24) is 0 Å². The smallest absolute Gasteiger partial charge is 0.0471 e. The van der Waals surface area contributed by atoms with E-state index in [9.17, 15) is 0 Å². The zero-order chi connectivity index (χ0) is 9.78. The van der Waals surface area contributed by atoms with Crippen molar-refractivity contribution in [2.75, 3.05) is 6.61 Å². The monoisotopic (exact) mass is 182 g/mol. The molecule has 0 aliphatic rings. The molecule has 1 N–H and O–H groups in total. The van der Waals surface area contributed by atoms with Gasteiger partial charge in [-0.3, -0.25) is 0 Å². The Balaban J connectivity index is 3.10. The van der Waals surface area contributed by atoms with Crippen LogP contribution in [0.3, 0.4) is 0 Å². The maximum atomic E-state index is 8.48. The Morgan fingerprint density at radius 1 is 1.00 bits per heavy atom. The van der Waals surface area contributed by atoms with Gasteiger partial charge in [-0.25, -0.2) is 0 Å². The fraction of sp³-hybridized carbons (Fsp3) is 0.750. The fourth-order valence-electron chi connectivity index (χ4n) is 1.16. The van der Waals surface area contributed by atoms with E-state index in [1.807, 2.05) is 6.08 Å². The van der Waals surface area contributed by atoms with Gasteiger partial charge in [0.15, 0.2) is 0 Å². The van der Waals surface area contributed by atoms with Crippen molar-refractivity contribution in [3.8, 4) is 0 Å². The molecule has 0 unspecified atom stereocenters. The van der Waals surface area contributed by atoms with E-state index in [4.69, 9.17) is 5.11 Å². The predicted octanol–water partition coefficient (Wildman–Crippen LogP) is 3.44. The first-order valence-corrected chi connectivity index (χ1v) is 5.42. The molecule has 0 aromatic rings. The van der Waals surface area contributed by atoms with Crippen LogP contribution in [0.5, 0.6) is 0 Å². The molecule has 0 aromatic carbocycles. The summed E-state index contributed by atoms with van der Waals surface area (Å²) in [5.41, 5.74) is 3.07. The Hall–Kier alpha value is -0.520. The van der Waals surface area contributed by atoms with Crippen LogP contribution in [-0.2, 0) is 0 Å². The van der Waals surface area contributed by atoms with Gasteiger partial charge in [0.05, 0.1) is 0 Å². The predicted molar refractivity (Wildman–Crippen MR) is 57.7 cm³/mol. The summed E-state index contributed by atoms with van der Waals surface area (Å²) in [6, 6.07) is 0. The van der Waals surface area contributed by atoms with Crippen molar-refractivity contribution in [3.63, 3.8) is 0 Å². The maximum Gasteiger partial charge on any atom is 0.0471 e. The minimum Gasteiger partial charge on any atom is -0.396 e. The van der Waals surface area contributed by atoms with Gasteiger partial charge in [0, 0.05) is 6.61 Å². The summed E-state index contributed by atoms with van der Waals surface area (Å²) in [6.45, 7) is 2.47. The van der Waals surface area contributed by atoms with Gasteiger partial charge in [-0.05, 0) is 31.4 Å². The molecule has 1 nitrogen and oxygen atoms in total. The second-order valence-electron chi connectivity index (χ2n) is 3.29. The third kappa shape index (κ3) is 11.5. The molecule has 0 fully saturated rings. The molecule has 0 spiro atoms. The molecule has 0 radical (unpaired) electrons. The van der Waals surface area contributed by atoms with Gasteiger partial charge in [-0.2, -0.15) is 0 Å². The highest BCUT2D eigenvalue weighted by Gasteiger charge is 1.85. The van der Waals surface area contributed by atoms with Crippen molar-refractivity contribution in [2.24, 2.45) is 0 Å². The summed E-state index contributed by atoms with van der Waals surface area (Å²) in [5, 5.41) is 8.48. The SMILES string of the molecule is CCCCCCCC=C=CCCO. The molecular weight excluding hydrogens is 160 g/mol. The number of aliphatic hydroxyl groups is 1. The quantitative estimate of drug-likeness (QED) is 0.450. The number of unbranched alkanes of at least 4 members (excludes halogenated alkanes) is 5. The van der Waals surface area contributed by atoms with Gasteiger partial charge in [0.1, 0.15) is 0 Å². The molecule has 0 heterocycles. The first-order valence-electron chi connectivity index (χ1n) is 5.42. The lowest BCUT2D eigenvalue weighted by Gasteiger charge is -1.94. The van der Waals surface area contributed by atoms with E-state index in [2.05, 4.69) is 18.7 Å². The highest BCUT2D eigenvalue weighted by Crippen LogP contribution is 2.04. The van der Waals surface area contributed by atoms with E-state index in [1.165, 1.54) is 32.1 Å². The van der Waals surface area contributed by atoms with Crippen LogP contribution in [0.1, 0.15) is 51.9 Å². The standard InChI is InChI=1S/C12H22O/c1-2-3-4-5-6-7-8-9-10-11-12-13/h8,10,13H,2-7,11-12H2,1H3. The second kappa shape index (κ2) is 11.5. The number of rotatable bonds is 8. The van der Waals surface area contributed by atoms with E-state index in [1.54, 1.807) is 0 Å². The van der Waals surface area contributed by atoms with Crippen molar-refractivity contribution < 1.29 is 5.11 Å². The molecular formula is C12H22O. The summed E-state index contributed by atoms with van der Waals surface area (Å²) in [4.78, 5) is 0. The molecule has 13 heavy (non-hydrogen) atoms. The zero-order valence-corrected chi connectivity index (χ0v) is 8.76. The summed E-state index contributed by atoms with van der Waals surface area (Å²) >= 11 is 0. The van der Waals surface area contributed by atoms with Crippen LogP contribution in [0, 0.1) is 0 Å². The number of hydrogen-bond acceptors (Lipinski definition) is 1. The van der Waals surface area contributed by atoms with Crippen LogP contribution in [0.15, 0.2) is 17.9 Å². The number of hydrogen-bond donors (Lipinski definition) is 1. The second-order valence-corrected chi connectivity index (χ2v) is 3.29. The molecule has 76 valence electrons. The van der Waals surface area contributed by atoms with Crippen LogP contribution in [0.2, 0.25) is 0 Å². The Labute approximate surface area is 82.2 Å². The molecule has 0 bridgehead atoms. The minimum atomic E-state index is 0.233. The van der Waals surface area contributed by atoms with Crippen molar-refractivity contribution in [1.29, 1.82) is 0 Å². The highest BCUT2D eigenvalue weighted by molar-refractivity contribution is 4.84. The van der Waals surface area contributed by atoms with Crippen molar-refractivity contribution in [2.45, 2.75) is 51.9 Å². The fourth-order valence-corrected chi connectivity index (χ4v) is 1.16. The van der Waals surface area contributed by atoms with Crippen LogP contribution in [-0.4, -0.2) is 11.7 Å². The normalized spacial score (nSPS) is 9.38. The van der Waals surface area contributed by atoms with Crippen LogP contribution in [0.4, 0.5) is 0 Å². The van der Waals surface area contributed by atoms with Gasteiger partial charge in [0.25, 0.3) is 0 Å². The van der Waals surface area contributed by atoms with Crippen LogP contribution >= 0.6 is 0 Å². The summed E-state index contributed by atoms with van der Waals surface area (Å²) in [6.07, 6.45) is 12.5. The highest BCUT2D eigenvalue weighted by atomic mass is 16.2.